The van der Waals surface area contributed by atoms with Crippen molar-refractivity contribution in [1.29, 1.82) is 0 Å². The summed E-state index contributed by atoms with van der Waals surface area (Å²) in [4.78, 5) is 4.73. The van der Waals surface area contributed by atoms with Crippen LogP contribution in [-0.2, 0) is 6.42 Å². The quantitative estimate of drug-likeness (QED) is 0.852. The summed E-state index contributed by atoms with van der Waals surface area (Å²) in [7, 11) is 0. The average molecular weight is 240 g/mol. The van der Waals surface area contributed by atoms with Gasteiger partial charge in [0, 0.05) is 24.3 Å². The Labute approximate surface area is 103 Å². The second kappa shape index (κ2) is 5.78. The Morgan fingerprint density at radius 1 is 1.44 bits per heavy atom. The minimum Gasteiger partial charge on any atom is -0.316 e. The van der Waals surface area contributed by atoms with Gasteiger partial charge in [-0.25, -0.2) is 4.98 Å². The van der Waals surface area contributed by atoms with E-state index in [9.17, 15) is 0 Å². The molecule has 0 saturated heterocycles. The maximum absolute atomic E-state index is 4.73. The molecule has 0 radical (unpaired) electrons. The Balaban J connectivity index is 2.57. The van der Waals surface area contributed by atoms with Gasteiger partial charge in [0.05, 0.1) is 10.7 Å². The van der Waals surface area contributed by atoms with Gasteiger partial charge in [0.2, 0.25) is 0 Å². The van der Waals surface area contributed by atoms with E-state index in [0.29, 0.717) is 11.3 Å². The first-order chi connectivity index (χ1) is 7.42. The predicted molar refractivity (Wildman–Crippen MR) is 72.2 cm³/mol. The molecular weight excluding hydrogens is 216 g/mol. The Morgan fingerprint density at radius 2 is 2.12 bits per heavy atom. The fourth-order valence-electron chi connectivity index (χ4n) is 1.55. The van der Waals surface area contributed by atoms with E-state index in [1.807, 2.05) is 0 Å². The number of hydrogen-bond donors (Lipinski definition) is 1. The summed E-state index contributed by atoms with van der Waals surface area (Å²) in [5.41, 5.74) is 1.57. The van der Waals surface area contributed by atoms with Gasteiger partial charge in [0.25, 0.3) is 0 Å². The number of nitrogens with zero attached hydrogens (tertiary/aromatic N) is 1. The summed E-state index contributed by atoms with van der Waals surface area (Å²) < 4.78 is 0. The van der Waals surface area contributed by atoms with Crippen molar-refractivity contribution in [2.24, 2.45) is 5.41 Å². The average Bonchev–Trinajstić information content (AvgIpc) is 2.59. The SMILES string of the molecule is CCNCC(C)c1csc(CC(C)(C)C)n1. The standard InChI is InChI=1S/C13H24N2S/c1-6-14-8-10(2)11-9-16-12(15-11)7-13(3,4)5/h9-10,14H,6-8H2,1-5H3. The van der Waals surface area contributed by atoms with Crippen LogP contribution >= 0.6 is 11.3 Å². The summed E-state index contributed by atoms with van der Waals surface area (Å²) >= 11 is 1.80. The van der Waals surface area contributed by atoms with Crippen molar-refractivity contribution in [3.05, 3.63) is 16.1 Å². The van der Waals surface area contributed by atoms with Gasteiger partial charge >= 0.3 is 0 Å². The third-order valence-corrected chi connectivity index (χ3v) is 3.32. The monoisotopic (exact) mass is 240 g/mol. The molecule has 16 heavy (non-hydrogen) atoms. The van der Waals surface area contributed by atoms with Crippen LogP contribution in [0.2, 0.25) is 0 Å². The van der Waals surface area contributed by atoms with Gasteiger partial charge in [-0.1, -0.05) is 34.6 Å². The molecule has 0 saturated carbocycles. The van der Waals surface area contributed by atoms with Crippen molar-refractivity contribution in [2.45, 2.75) is 47.0 Å². The van der Waals surface area contributed by atoms with E-state index in [1.165, 1.54) is 10.7 Å². The van der Waals surface area contributed by atoms with E-state index in [1.54, 1.807) is 11.3 Å². The van der Waals surface area contributed by atoms with Crippen LogP contribution < -0.4 is 5.32 Å². The zero-order chi connectivity index (χ0) is 12.2. The number of nitrogens with one attached hydrogen (secondary N) is 1. The van der Waals surface area contributed by atoms with Crippen LogP contribution in [0.4, 0.5) is 0 Å². The lowest BCUT2D eigenvalue weighted by Gasteiger charge is -2.15. The molecule has 1 heterocycles. The van der Waals surface area contributed by atoms with E-state index < -0.39 is 0 Å². The molecule has 0 bridgehead atoms. The Bertz CT molecular complexity index is 312. The molecule has 1 unspecified atom stereocenters. The molecule has 0 aromatic carbocycles. The van der Waals surface area contributed by atoms with Crippen molar-refractivity contribution < 1.29 is 0 Å². The summed E-state index contributed by atoms with van der Waals surface area (Å²) in [5.74, 6) is 0.518. The van der Waals surface area contributed by atoms with Crippen LogP contribution in [0.5, 0.6) is 0 Å². The van der Waals surface area contributed by atoms with E-state index in [2.05, 4.69) is 45.3 Å². The molecule has 1 aromatic rings. The largest absolute Gasteiger partial charge is 0.316 e. The lowest BCUT2D eigenvalue weighted by Crippen LogP contribution is -2.19. The van der Waals surface area contributed by atoms with Gasteiger partial charge in [-0.3, -0.25) is 0 Å². The molecule has 3 heteroatoms. The summed E-state index contributed by atoms with van der Waals surface area (Å²) in [6, 6.07) is 0. The fourth-order valence-corrected chi connectivity index (χ4v) is 2.77. The molecule has 0 spiro atoms. The highest BCUT2D eigenvalue weighted by Crippen LogP contribution is 2.25. The Kier molecular flexibility index (Phi) is 4.93. The minimum atomic E-state index is 0.333. The first kappa shape index (κ1) is 13.7. The molecule has 2 nitrogen and oxygen atoms in total. The molecule has 0 aliphatic rings. The third kappa shape index (κ3) is 4.62. The van der Waals surface area contributed by atoms with Crippen molar-refractivity contribution >= 4 is 11.3 Å². The van der Waals surface area contributed by atoms with E-state index >= 15 is 0 Å². The number of aromatic nitrogens is 1. The van der Waals surface area contributed by atoms with Crippen LogP contribution in [0.15, 0.2) is 5.38 Å². The Morgan fingerprint density at radius 3 is 2.69 bits per heavy atom. The van der Waals surface area contributed by atoms with E-state index in [4.69, 9.17) is 4.98 Å². The van der Waals surface area contributed by atoms with Crippen molar-refractivity contribution in [3.63, 3.8) is 0 Å². The van der Waals surface area contributed by atoms with Crippen LogP contribution in [0.3, 0.4) is 0 Å². The van der Waals surface area contributed by atoms with Gasteiger partial charge in [-0.15, -0.1) is 11.3 Å². The van der Waals surface area contributed by atoms with Gasteiger partial charge in [0.1, 0.15) is 0 Å². The molecule has 0 aliphatic carbocycles. The predicted octanol–water partition coefficient (Wildman–Crippen LogP) is 3.44. The maximum atomic E-state index is 4.73. The summed E-state index contributed by atoms with van der Waals surface area (Å²) in [5, 5.41) is 6.85. The van der Waals surface area contributed by atoms with Crippen molar-refractivity contribution in [1.82, 2.24) is 10.3 Å². The van der Waals surface area contributed by atoms with Crippen LogP contribution in [0.25, 0.3) is 0 Å². The minimum absolute atomic E-state index is 0.333. The lowest BCUT2D eigenvalue weighted by atomic mass is 9.93. The fraction of sp³-hybridized carbons (Fsp3) is 0.769. The molecule has 0 fully saturated rings. The third-order valence-electron chi connectivity index (χ3n) is 2.46. The lowest BCUT2D eigenvalue weighted by molar-refractivity contribution is 0.410. The molecule has 0 aliphatic heterocycles. The zero-order valence-electron chi connectivity index (χ0n) is 11.1. The topological polar surface area (TPSA) is 24.9 Å². The second-order valence-corrected chi connectivity index (χ2v) is 6.55. The van der Waals surface area contributed by atoms with Crippen molar-refractivity contribution in [2.75, 3.05) is 13.1 Å². The van der Waals surface area contributed by atoms with Crippen LogP contribution in [-0.4, -0.2) is 18.1 Å². The van der Waals surface area contributed by atoms with Crippen LogP contribution in [0, 0.1) is 5.41 Å². The zero-order valence-corrected chi connectivity index (χ0v) is 11.9. The van der Waals surface area contributed by atoms with Gasteiger partial charge in [-0.05, 0) is 12.0 Å². The molecule has 0 amide bonds. The normalized spacial score (nSPS) is 14.1. The van der Waals surface area contributed by atoms with Gasteiger partial charge in [-0.2, -0.15) is 0 Å². The number of thiazole rings is 1. The second-order valence-electron chi connectivity index (χ2n) is 5.61. The summed E-state index contributed by atoms with van der Waals surface area (Å²) in [6.45, 7) is 13.2. The molecule has 1 rings (SSSR count). The maximum Gasteiger partial charge on any atom is 0.0933 e. The first-order valence-corrected chi connectivity index (χ1v) is 6.95. The smallest absolute Gasteiger partial charge is 0.0933 e. The molecule has 1 N–H and O–H groups in total. The van der Waals surface area contributed by atoms with Gasteiger partial charge < -0.3 is 5.32 Å². The molecule has 1 aromatic heterocycles. The van der Waals surface area contributed by atoms with E-state index in [0.717, 1.165) is 19.5 Å². The highest BCUT2D eigenvalue weighted by molar-refractivity contribution is 7.09. The highest BCUT2D eigenvalue weighted by atomic mass is 32.1. The van der Waals surface area contributed by atoms with Crippen molar-refractivity contribution in [3.8, 4) is 0 Å². The van der Waals surface area contributed by atoms with Crippen LogP contribution in [0.1, 0.15) is 51.2 Å². The number of hydrogen-bond acceptors (Lipinski definition) is 3. The molecule has 1 atom stereocenters. The van der Waals surface area contributed by atoms with Gasteiger partial charge in [0.15, 0.2) is 0 Å². The Hall–Kier alpha value is -0.410. The summed E-state index contributed by atoms with van der Waals surface area (Å²) in [6.07, 6.45) is 1.07. The molecular formula is C13H24N2S. The highest BCUT2D eigenvalue weighted by Gasteiger charge is 2.15. The van der Waals surface area contributed by atoms with E-state index in [-0.39, 0.29) is 0 Å². The number of rotatable bonds is 5. The molecule has 92 valence electrons. The number of likely N-dealkylation sites (N-methyl/N-ethyl adjacent to an activating group) is 1. The first-order valence-electron chi connectivity index (χ1n) is 6.07.